The van der Waals surface area contributed by atoms with Crippen LogP contribution >= 0.6 is 11.8 Å². The number of Topliss-reactive ketones (excluding diaryl/α,β-unsaturated/α-hetero) is 1. The van der Waals surface area contributed by atoms with Crippen molar-refractivity contribution < 1.29 is 43.6 Å². The first-order chi connectivity index (χ1) is 19.2. The van der Waals surface area contributed by atoms with Gasteiger partial charge in [-0.3, -0.25) is 29.4 Å². The third kappa shape index (κ3) is 11.7. The molecule has 3 N–H and O–H groups in total. The molecule has 12 heteroatoms. The third-order valence-electron chi connectivity index (χ3n) is 7.60. The number of esters is 1. The summed E-state index contributed by atoms with van der Waals surface area (Å²) in [6.45, 7) is 4.44. The highest BCUT2D eigenvalue weighted by Gasteiger charge is 2.40. The normalized spacial score (nSPS) is 23.7. The molecule has 1 aliphatic carbocycles. The predicted octanol–water partition coefficient (Wildman–Crippen LogP) is 2.01. The lowest BCUT2D eigenvalue weighted by molar-refractivity contribution is -0.194. The molecule has 0 aromatic heterocycles. The van der Waals surface area contributed by atoms with Gasteiger partial charge in [0.05, 0.1) is 18.0 Å². The van der Waals surface area contributed by atoms with Gasteiger partial charge >= 0.3 is 5.97 Å². The largest absolute Gasteiger partial charge is 0.460 e. The van der Waals surface area contributed by atoms with E-state index in [1.165, 1.54) is 23.8 Å². The maximum absolute atomic E-state index is 12.8. The van der Waals surface area contributed by atoms with E-state index in [1.54, 1.807) is 0 Å². The van der Waals surface area contributed by atoms with Crippen molar-refractivity contribution in [3.63, 3.8) is 0 Å². The number of aliphatic hydroxyl groups is 2. The summed E-state index contributed by atoms with van der Waals surface area (Å²) in [5, 5.41) is 21.9. The first-order valence-corrected chi connectivity index (χ1v) is 15.6. The Labute approximate surface area is 242 Å². The fourth-order valence-electron chi connectivity index (χ4n) is 5.04. The first kappa shape index (κ1) is 34.6. The molecular formula is C28H48N2O9S. The quantitative estimate of drug-likeness (QED) is 0.0829. The molecule has 4 atom stereocenters. The molecule has 0 aromatic carbocycles. The zero-order valence-corrected chi connectivity index (χ0v) is 25.0. The van der Waals surface area contributed by atoms with E-state index in [9.17, 15) is 29.4 Å². The summed E-state index contributed by atoms with van der Waals surface area (Å²) < 4.78 is 15.8. The van der Waals surface area contributed by atoms with Crippen molar-refractivity contribution in [2.45, 2.75) is 102 Å². The van der Waals surface area contributed by atoms with Crippen molar-refractivity contribution in [2.24, 2.45) is 11.8 Å². The number of nitrogens with one attached hydrogen (secondary N) is 1. The molecule has 2 amide bonds. The van der Waals surface area contributed by atoms with Gasteiger partial charge in [0.15, 0.2) is 6.29 Å². The highest BCUT2D eigenvalue weighted by Crippen LogP contribution is 2.33. The van der Waals surface area contributed by atoms with E-state index in [-0.39, 0.29) is 55.8 Å². The molecule has 40 heavy (non-hydrogen) atoms. The van der Waals surface area contributed by atoms with Gasteiger partial charge in [0.1, 0.15) is 18.6 Å². The number of rotatable bonds is 20. The van der Waals surface area contributed by atoms with Crippen LogP contribution in [0.5, 0.6) is 0 Å². The zero-order valence-electron chi connectivity index (χ0n) is 24.2. The number of amides is 2. The Kier molecular flexibility index (Phi) is 16.3. The second kappa shape index (κ2) is 18.8. The average molecular weight is 589 g/mol. The lowest BCUT2D eigenvalue weighted by Crippen LogP contribution is -2.37. The van der Waals surface area contributed by atoms with E-state index in [2.05, 4.69) is 5.32 Å². The molecule has 2 fully saturated rings. The number of hydrogen-bond donors (Lipinski definition) is 3. The van der Waals surface area contributed by atoms with Gasteiger partial charge in [-0.15, -0.1) is 11.8 Å². The number of carbonyl (C=O) groups is 4. The molecule has 1 aliphatic heterocycles. The molecule has 11 nitrogen and oxygen atoms in total. The summed E-state index contributed by atoms with van der Waals surface area (Å²) in [5.41, 5.74) is 0. The standard InChI is InChI=1S/C28H48N2O9S/c1-4-21(17-31)39-27(37-3)18-38-26(35)8-6-7-24(33)29-13-14-40-23-15-25(34)30(28(23)36)16-19-9-11-20(12-10-19)22(32)5-2/h19-21,23-24,27,29,31,33H,4-18H2,1-3H3. The number of imide groups is 1. The smallest absolute Gasteiger partial charge is 0.305 e. The van der Waals surface area contributed by atoms with Crippen LogP contribution in [0.2, 0.25) is 0 Å². The summed E-state index contributed by atoms with van der Waals surface area (Å²) in [4.78, 5) is 50.6. The maximum Gasteiger partial charge on any atom is 0.305 e. The SMILES string of the molecule is CCC(=O)C1CCC(CN2C(=O)CC(SCCNC(O)CCCC(=O)OCC(OC)OC(CC)CO)C2=O)CC1. The van der Waals surface area contributed by atoms with Crippen LogP contribution < -0.4 is 5.32 Å². The molecular weight excluding hydrogens is 540 g/mol. The molecule has 230 valence electrons. The van der Waals surface area contributed by atoms with Crippen LogP contribution in [0, 0.1) is 11.8 Å². The highest BCUT2D eigenvalue weighted by atomic mass is 32.2. The van der Waals surface area contributed by atoms with Crippen LogP contribution in [0.1, 0.15) is 78.1 Å². The summed E-state index contributed by atoms with van der Waals surface area (Å²) in [6.07, 6.45) is 3.77. The Balaban J connectivity index is 1.57. The Morgan fingerprint density at radius 2 is 1.90 bits per heavy atom. The van der Waals surface area contributed by atoms with Gasteiger partial charge in [-0.25, -0.2) is 0 Å². The number of nitrogens with zero attached hydrogens (tertiary/aromatic N) is 1. The predicted molar refractivity (Wildman–Crippen MR) is 150 cm³/mol. The molecule has 4 unspecified atom stereocenters. The monoisotopic (exact) mass is 588 g/mol. The van der Waals surface area contributed by atoms with Crippen LogP contribution in [0.3, 0.4) is 0 Å². The Bertz CT molecular complexity index is 803. The maximum atomic E-state index is 12.8. The lowest BCUT2D eigenvalue weighted by atomic mass is 9.79. The average Bonchev–Trinajstić information content (AvgIpc) is 3.22. The Morgan fingerprint density at radius 3 is 2.52 bits per heavy atom. The molecule has 1 saturated carbocycles. The number of thioether (sulfide) groups is 1. The van der Waals surface area contributed by atoms with Gasteiger partial charge in [0, 0.05) is 51.1 Å². The van der Waals surface area contributed by atoms with Gasteiger partial charge in [-0.05, 0) is 50.9 Å². The molecule has 1 saturated heterocycles. The number of carbonyl (C=O) groups excluding carboxylic acids is 4. The van der Waals surface area contributed by atoms with Gasteiger partial charge in [0.2, 0.25) is 11.8 Å². The van der Waals surface area contributed by atoms with Gasteiger partial charge in [-0.2, -0.15) is 0 Å². The van der Waals surface area contributed by atoms with Gasteiger partial charge in [0.25, 0.3) is 0 Å². The Hall–Kier alpha value is -1.57. The number of likely N-dealkylation sites (tertiary alicyclic amines) is 1. The van der Waals surface area contributed by atoms with Crippen LogP contribution in [-0.4, -0.2) is 102 Å². The number of ether oxygens (including phenoxy) is 3. The van der Waals surface area contributed by atoms with Crippen molar-refractivity contribution >= 4 is 35.3 Å². The van der Waals surface area contributed by atoms with Crippen molar-refractivity contribution in [3.8, 4) is 0 Å². The second-order valence-electron chi connectivity index (χ2n) is 10.5. The highest BCUT2D eigenvalue weighted by molar-refractivity contribution is 8.00. The zero-order chi connectivity index (χ0) is 29.5. The minimum absolute atomic E-state index is 0.0786. The minimum Gasteiger partial charge on any atom is -0.460 e. The number of hydrogen-bond acceptors (Lipinski definition) is 11. The molecule has 1 heterocycles. The fraction of sp³-hybridized carbons (Fsp3) is 0.857. The van der Waals surface area contributed by atoms with Crippen LogP contribution in [0.25, 0.3) is 0 Å². The summed E-state index contributed by atoms with van der Waals surface area (Å²) in [6, 6.07) is 0. The van der Waals surface area contributed by atoms with Crippen molar-refractivity contribution in [2.75, 3.05) is 39.2 Å². The van der Waals surface area contributed by atoms with E-state index in [0.717, 1.165) is 25.7 Å². The fourth-order valence-corrected chi connectivity index (χ4v) is 6.09. The van der Waals surface area contributed by atoms with Gasteiger partial charge in [-0.1, -0.05) is 13.8 Å². The summed E-state index contributed by atoms with van der Waals surface area (Å²) in [5.74, 6) is 0.576. The summed E-state index contributed by atoms with van der Waals surface area (Å²) in [7, 11) is 1.43. The van der Waals surface area contributed by atoms with Crippen molar-refractivity contribution in [3.05, 3.63) is 0 Å². The van der Waals surface area contributed by atoms with Crippen LogP contribution in [0.15, 0.2) is 0 Å². The molecule has 2 rings (SSSR count). The molecule has 0 spiro atoms. The van der Waals surface area contributed by atoms with E-state index < -0.39 is 23.7 Å². The topological polar surface area (TPSA) is 152 Å². The molecule has 0 radical (unpaired) electrons. The van der Waals surface area contributed by atoms with E-state index in [0.29, 0.717) is 50.3 Å². The van der Waals surface area contributed by atoms with Gasteiger partial charge < -0.3 is 24.4 Å². The Morgan fingerprint density at radius 1 is 1.18 bits per heavy atom. The number of aliphatic hydroxyl groups excluding tert-OH is 2. The third-order valence-corrected chi connectivity index (χ3v) is 8.81. The number of ketones is 1. The van der Waals surface area contributed by atoms with E-state index in [1.807, 2.05) is 13.8 Å². The van der Waals surface area contributed by atoms with E-state index >= 15 is 0 Å². The second-order valence-corrected chi connectivity index (χ2v) is 11.8. The van der Waals surface area contributed by atoms with Crippen molar-refractivity contribution in [1.82, 2.24) is 10.2 Å². The first-order valence-electron chi connectivity index (χ1n) is 14.6. The minimum atomic E-state index is -0.801. The molecule has 0 aromatic rings. The molecule has 0 bridgehead atoms. The molecule has 2 aliphatic rings. The van der Waals surface area contributed by atoms with Crippen LogP contribution in [-0.2, 0) is 33.4 Å². The van der Waals surface area contributed by atoms with E-state index in [4.69, 9.17) is 14.2 Å². The van der Waals surface area contributed by atoms with Crippen LogP contribution in [0.4, 0.5) is 0 Å². The van der Waals surface area contributed by atoms with Crippen molar-refractivity contribution in [1.29, 1.82) is 0 Å². The number of methoxy groups -OCH3 is 1. The lowest BCUT2D eigenvalue weighted by Gasteiger charge is -2.30. The summed E-state index contributed by atoms with van der Waals surface area (Å²) >= 11 is 1.41.